The topological polar surface area (TPSA) is 140 Å². The quantitative estimate of drug-likeness (QED) is 0.0264. The first-order valence-corrected chi connectivity index (χ1v) is 30.8. The third-order valence-electron chi connectivity index (χ3n) is 15.1. The number of carbonyl (C=O) groups is 2. The zero-order valence-corrected chi connectivity index (χ0v) is 48.0. The van der Waals surface area contributed by atoms with E-state index in [0.29, 0.717) is 96.3 Å². The molecule has 1 saturated heterocycles. The lowest BCUT2D eigenvalue weighted by atomic mass is 9.88. The van der Waals surface area contributed by atoms with Gasteiger partial charge in [-0.05, 0) is 90.0 Å². The van der Waals surface area contributed by atoms with Gasteiger partial charge in [-0.3, -0.25) is 19.4 Å². The second-order valence-corrected chi connectivity index (χ2v) is 22.3. The fraction of sp³-hybridized carbons (Fsp3) is 0.903. The SMILES string of the molecule is CCCCCCCCC(O)C/C=C(/CCCC(=O)OCC/C=C1\CC(C)N(CCOC(=O)CCCN(CC(O)CCCCCCCC)CC(O)CCCCCCCC)CC1C)CC(O)CCCCCCCC. The molecule has 0 aromatic heterocycles. The van der Waals surface area contributed by atoms with E-state index in [4.69, 9.17) is 9.47 Å². The molecule has 1 rings (SSSR count). The highest BCUT2D eigenvalue weighted by molar-refractivity contribution is 5.69. The van der Waals surface area contributed by atoms with Gasteiger partial charge in [0.25, 0.3) is 0 Å². The van der Waals surface area contributed by atoms with Crippen LogP contribution in [0.3, 0.4) is 0 Å². The fourth-order valence-electron chi connectivity index (χ4n) is 10.5. The van der Waals surface area contributed by atoms with Crippen molar-refractivity contribution in [3.05, 3.63) is 23.3 Å². The number of ether oxygens (including phenoxy) is 2. The van der Waals surface area contributed by atoms with Gasteiger partial charge in [-0.1, -0.05) is 212 Å². The molecular formula is C62H118N2O8. The molecule has 10 heteroatoms. The molecule has 0 aromatic carbocycles. The Bertz CT molecular complexity index is 1300. The summed E-state index contributed by atoms with van der Waals surface area (Å²) in [5.74, 6) is -0.00870. The lowest BCUT2D eigenvalue weighted by Crippen LogP contribution is -2.44. The number of likely N-dealkylation sites (tertiary alicyclic amines) is 1. The maximum Gasteiger partial charge on any atom is 0.305 e. The molecule has 6 atom stereocenters. The highest BCUT2D eigenvalue weighted by Crippen LogP contribution is 2.28. The lowest BCUT2D eigenvalue weighted by molar-refractivity contribution is -0.145. The molecule has 0 amide bonds. The number of aliphatic hydroxyl groups excluding tert-OH is 4. The first kappa shape index (κ1) is 68.2. The highest BCUT2D eigenvalue weighted by Gasteiger charge is 2.26. The van der Waals surface area contributed by atoms with Crippen molar-refractivity contribution >= 4 is 11.9 Å². The van der Waals surface area contributed by atoms with Gasteiger partial charge in [0, 0.05) is 45.1 Å². The van der Waals surface area contributed by atoms with Crippen LogP contribution in [-0.4, -0.2) is 119 Å². The molecule has 0 aromatic rings. The summed E-state index contributed by atoms with van der Waals surface area (Å²) in [5.41, 5.74) is 2.54. The van der Waals surface area contributed by atoms with Gasteiger partial charge in [0.15, 0.2) is 0 Å². The Hall–Kier alpha value is -1.82. The third kappa shape index (κ3) is 39.6. The number of carbonyl (C=O) groups excluding carboxylic acids is 2. The Morgan fingerprint density at radius 1 is 0.569 bits per heavy atom. The van der Waals surface area contributed by atoms with E-state index in [0.717, 1.165) is 95.6 Å². The van der Waals surface area contributed by atoms with Gasteiger partial charge in [0.05, 0.1) is 31.0 Å². The standard InChI is InChI=1S/C62H118N2O8/c1-7-11-15-19-23-27-36-57(65)43-42-55(49-58(66)37-28-24-20-16-12-8-2)34-31-40-61(69)71-46-33-35-56-48-54(6)64(50-53(56)5)45-47-72-62(70)41-32-44-63(51-59(67)38-29-25-21-17-13-9-3)52-60(68)39-30-26-22-18-14-10-4/h35,42,53-54,57-60,65-68H,7-34,36-41,43-52H2,1-6H3/b55-42-,56-35+. The summed E-state index contributed by atoms with van der Waals surface area (Å²) in [4.78, 5) is 30.3. The minimum atomic E-state index is -0.424. The summed E-state index contributed by atoms with van der Waals surface area (Å²) in [6.45, 7) is 17.4. The number of nitrogens with zero attached hydrogens (tertiary/aromatic N) is 2. The van der Waals surface area contributed by atoms with Crippen LogP contribution in [-0.2, 0) is 19.1 Å². The van der Waals surface area contributed by atoms with Crippen LogP contribution >= 0.6 is 0 Å². The van der Waals surface area contributed by atoms with Crippen molar-refractivity contribution in [1.82, 2.24) is 9.80 Å². The van der Waals surface area contributed by atoms with E-state index in [1.807, 2.05) is 0 Å². The Kier molecular flexibility index (Phi) is 45.1. The van der Waals surface area contributed by atoms with E-state index in [2.05, 4.69) is 63.5 Å². The molecule has 0 spiro atoms. The molecule has 0 aliphatic carbocycles. The van der Waals surface area contributed by atoms with Crippen LogP contribution in [0.15, 0.2) is 23.3 Å². The molecule has 424 valence electrons. The number of aliphatic hydroxyl groups is 4. The number of piperidine rings is 1. The summed E-state index contributed by atoms with van der Waals surface area (Å²) in [6.07, 6.45) is 40.3. The lowest BCUT2D eigenvalue weighted by Gasteiger charge is -2.38. The van der Waals surface area contributed by atoms with Crippen molar-refractivity contribution in [3.63, 3.8) is 0 Å². The normalized spacial score (nSPS) is 17.9. The molecule has 1 aliphatic heterocycles. The van der Waals surface area contributed by atoms with Crippen molar-refractivity contribution in [3.8, 4) is 0 Å². The van der Waals surface area contributed by atoms with Gasteiger partial charge in [-0.25, -0.2) is 0 Å². The van der Waals surface area contributed by atoms with Crippen LogP contribution in [0.25, 0.3) is 0 Å². The van der Waals surface area contributed by atoms with Gasteiger partial charge in [0.2, 0.25) is 0 Å². The first-order valence-electron chi connectivity index (χ1n) is 30.8. The average Bonchev–Trinajstić information content (AvgIpc) is 3.35. The molecule has 0 radical (unpaired) electrons. The predicted molar refractivity (Wildman–Crippen MR) is 302 cm³/mol. The Labute approximate surface area is 444 Å². The van der Waals surface area contributed by atoms with E-state index >= 15 is 0 Å². The molecule has 1 heterocycles. The Morgan fingerprint density at radius 2 is 1.01 bits per heavy atom. The minimum Gasteiger partial charge on any atom is -0.465 e. The number of hydrogen-bond acceptors (Lipinski definition) is 10. The maximum atomic E-state index is 12.9. The summed E-state index contributed by atoms with van der Waals surface area (Å²) < 4.78 is 11.4. The van der Waals surface area contributed by atoms with E-state index in [9.17, 15) is 30.0 Å². The summed E-state index contributed by atoms with van der Waals surface area (Å²) >= 11 is 0. The number of unbranched alkanes of at least 4 members (excludes halogenated alkanes) is 20. The van der Waals surface area contributed by atoms with Crippen LogP contribution in [0.1, 0.15) is 279 Å². The van der Waals surface area contributed by atoms with Crippen LogP contribution in [0.4, 0.5) is 0 Å². The second-order valence-electron chi connectivity index (χ2n) is 22.3. The van der Waals surface area contributed by atoms with E-state index in [-0.39, 0.29) is 24.1 Å². The maximum absolute atomic E-state index is 12.9. The summed E-state index contributed by atoms with van der Waals surface area (Å²) in [6, 6.07) is 0.316. The van der Waals surface area contributed by atoms with Crippen molar-refractivity contribution < 1.29 is 39.5 Å². The van der Waals surface area contributed by atoms with Crippen molar-refractivity contribution in [2.75, 3.05) is 45.9 Å². The molecular weight excluding hydrogens is 901 g/mol. The molecule has 4 N–H and O–H groups in total. The Balaban J connectivity index is 2.51. The summed E-state index contributed by atoms with van der Waals surface area (Å²) in [7, 11) is 0. The van der Waals surface area contributed by atoms with Gasteiger partial charge < -0.3 is 29.9 Å². The van der Waals surface area contributed by atoms with E-state index < -0.39 is 12.2 Å². The zero-order valence-electron chi connectivity index (χ0n) is 48.0. The van der Waals surface area contributed by atoms with Gasteiger partial charge in [0.1, 0.15) is 6.61 Å². The second kappa shape index (κ2) is 47.6. The number of hydrogen-bond donors (Lipinski definition) is 4. The van der Waals surface area contributed by atoms with Crippen LogP contribution in [0.5, 0.6) is 0 Å². The predicted octanol–water partition coefficient (Wildman–Crippen LogP) is 14.5. The third-order valence-corrected chi connectivity index (χ3v) is 15.1. The molecule has 0 saturated carbocycles. The fourth-order valence-corrected chi connectivity index (χ4v) is 10.5. The zero-order chi connectivity index (χ0) is 52.9. The minimum absolute atomic E-state index is 0.179. The van der Waals surface area contributed by atoms with E-state index in [1.165, 1.54) is 115 Å². The summed E-state index contributed by atoms with van der Waals surface area (Å²) in [5, 5.41) is 43.4. The number of rotatable bonds is 50. The monoisotopic (exact) mass is 1020 g/mol. The number of esters is 2. The molecule has 72 heavy (non-hydrogen) atoms. The molecule has 1 fully saturated rings. The molecule has 0 bridgehead atoms. The molecule has 10 nitrogen and oxygen atoms in total. The van der Waals surface area contributed by atoms with Gasteiger partial charge in [-0.2, -0.15) is 0 Å². The van der Waals surface area contributed by atoms with Gasteiger partial charge in [-0.15, -0.1) is 0 Å². The van der Waals surface area contributed by atoms with Crippen LogP contribution < -0.4 is 0 Å². The van der Waals surface area contributed by atoms with Crippen LogP contribution in [0, 0.1) is 5.92 Å². The smallest absolute Gasteiger partial charge is 0.305 e. The average molecular weight is 1020 g/mol. The van der Waals surface area contributed by atoms with Gasteiger partial charge >= 0.3 is 11.9 Å². The van der Waals surface area contributed by atoms with Crippen molar-refractivity contribution in [2.24, 2.45) is 5.92 Å². The Morgan fingerprint density at radius 3 is 1.53 bits per heavy atom. The van der Waals surface area contributed by atoms with Crippen molar-refractivity contribution in [1.29, 1.82) is 0 Å². The largest absolute Gasteiger partial charge is 0.465 e. The van der Waals surface area contributed by atoms with E-state index in [1.54, 1.807) is 0 Å². The van der Waals surface area contributed by atoms with Crippen molar-refractivity contribution in [2.45, 2.75) is 310 Å². The van der Waals surface area contributed by atoms with Crippen LogP contribution in [0.2, 0.25) is 0 Å². The molecule has 6 unspecified atom stereocenters. The first-order chi connectivity index (χ1) is 34.9. The highest BCUT2D eigenvalue weighted by atomic mass is 16.5. The molecule has 1 aliphatic rings.